The smallest absolute Gasteiger partial charge is 0.416 e. The molecular formula is C25H26F3NO4S. The summed E-state index contributed by atoms with van der Waals surface area (Å²) in [5.74, 6) is 0.145. The monoisotopic (exact) mass is 493 g/mol. The molecule has 1 N–H and O–H groups in total. The SMILES string of the molecule is Cc1cc(OC(C)(C)C(=O)O)c(C)cc1OCCCc1nc(-c2ccc(C(F)(F)F)cc2)cs1. The lowest BCUT2D eigenvalue weighted by atomic mass is 10.1. The van der Waals surface area contributed by atoms with Crippen molar-refractivity contribution < 1.29 is 32.5 Å². The molecule has 0 aliphatic heterocycles. The molecule has 0 unspecified atom stereocenters. The van der Waals surface area contributed by atoms with E-state index in [1.165, 1.54) is 37.3 Å². The van der Waals surface area contributed by atoms with Crippen LogP contribution in [0.3, 0.4) is 0 Å². The maximum Gasteiger partial charge on any atom is 0.416 e. The molecule has 3 rings (SSSR count). The highest BCUT2D eigenvalue weighted by atomic mass is 32.1. The van der Waals surface area contributed by atoms with E-state index < -0.39 is 23.3 Å². The van der Waals surface area contributed by atoms with E-state index >= 15 is 0 Å². The van der Waals surface area contributed by atoms with Gasteiger partial charge in [0.15, 0.2) is 5.60 Å². The van der Waals surface area contributed by atoms with Crippen molar-refractivity contribution in [1.82, 2.24) is 4.98 Å². The highest BCUT2D eigenvalue weighted by Crippen LogP contribution is 2.32. The first-order valence-corrected chi connectivity index (χ1v) is 11.5. The summed E-state index contributed by atoms with van der Waals surface area (Å²) >= 11 is 1.46. The normalized spacial score (nSPS) is 12.0. The average molecular weight is 494 g/mol. The van der Waals surface area contributed by atoms with Gasteiger partial charge in [-0.05, 0) is 69.5 Å². The molecule has 0 aliphatic rings. The van der Waals surface area contributed by atoms with Gasteiger partial charge in [0.2, 0.25) is 0 Å². The molecule has 0 spiro atoms. The summed E-state index contributed by atoms with van der Waals surface area (Å²) in [4.78, 5) is 15.8. The Labute approximate surface area is 200 Å². The number of halogens is 3. The number of hydrogen-bond acceptors (Lipinski definition) is 5. The molecule has 1 aromatic heterocycles. The van der Waals surface area contributed by atoms with Crippen LogP contribution in [0.15, 0.2) is 41.8 Å². The number of alkyl halides is 3. The third kappa shape index (κ3) is 6.28. The number of aromatic nitrogens is 1. The Bertz CT molecular complexity index is 1150. The summed E-state index contributed by atoms with van der Waals surface area (Å²) in [7, 11) is 0. The molecule has 3 aromatic rings. The van der Waals surface area contributed by atoms with Gasteiger partial charge in [-0.25, -0.2) is 9.78 Å². The van der Waals surface area contributed by atoms with E-state index in [9.17, 15) is 23.1 Å². The fourth-order valence-corrected chi connectivity index (χ4v) is 3.99. The van der Waals surface area contributed by atoms with E-state index in [2.05, 4.69) is 4.98 Å². The molecule has 0 amide bonds. The van der Waals surface area contributed by atoms with Gasteiger partial charge in [-0.15, -0.1) is 11.3 Å². The first-order chi connectivity index (χ1) is 15.9. The Hall–Kier alpha value is -3.07. The van der Waals surface area contributed by atoms with Crippen LogP contribution in [0.2, 0.25) is 0 Å². The van der Waals surface area contributed by atoms with Crippen molar-refractivity contribution in [2.45, 2.75) is 52.3 Å². The highest BCUT2D eigenvalue weighted by molar-refractivity contribution is 7.09. The van der Waals surface area contributed by atoms with Crippen LogP contribution in [0.25, 0.3) is 11.3 Å². The fourth-order valence-electron chi connectivity index (χ4n) is 3.14. The first-order valence-electron chi connectivity index (χ1n) is 10.7. The molecule has 9 heteroatoms. The predicted molar refractivity (Wildman–Crippen MR) is 125 cm³/mol. The third-order valence-corrected chi connectivity index (χ3v) is 6.11. The molecule has 0 aliphatic carbocycles. The lowest BCUT2D eigenvalue weighted by Crippen LogP contribution is -2.38. The second-order valence-corrected chi connectivity index (χ2v) is 9.40. The minimum atomic E-state index is -4.36. The summed E-state index contributed by atoms with van der Waals surface area (Å²) in [6.07, 6.45) is -2.97. The van der Waals surface area contributed by atoms with E-state index in [4.69, 9.17) is 9.47 Å². The quantitative estimate of drug-likeness (QED) is 0.336. The minimum absolute atomic E-state index is 0.455. The third-order valence-electron chi connectivity index (χ3n) is 5.20. The van der Waals surface area contributed by atoms with Crippen LogP contribution in [0, 0.1) is 13.8 Å². The van der Waals surface area contributed by atoms with Crippen molar-refractivity contribution >= 4 is 17.3 Å². The standard InChI is InChI=1S/C25H26F3NO4S/c1-15-13-21(33-24(3,4)23(30)31)16(2)12-20(15)32-11-5-6-22-29-19(14-34-22)17-7-9-18(10-8-17)25(26,27)28/h7-10,12-14H,5-6,11H2,1-4H3,(H,30,31). The Morgan fingerprint density at radius 2 is 1.68 bits per heavy atom. The number of thiazole rings is 1. The zero-order valence-electron chi connectivity index (χ0n) is 19.3. The van der Waals surface area contributed by atoms with Crippen LogP contribution in [0.1, 0.15) is 42.0 Å². The van der Waals surface area contributed by atoms with Gasteiger partial charge in [-0.2, -0.15) is 13.2 Å². The topological polar surface area (TPSA) is 68.7 Å². The predicted octanol–water partition coefficient (Wildman–Crippen LogP) is 6.70. The number of rotatable bonds is 9. The zero-order valence-corrected chi connectivity index (χ0v) is 20.1. The van der Waals surface area contributed by atoms with Gasteiger partial charge in [0.05, 0.1) is 22.9 Å². The maximum absolute atomic E-state index is 12.7. The number of carboxylic acid groups (broad SMARTS) is 1. The molecule has 182 valence electrons. The van der Waals surface area contributed by atoms with Gasteiger partial charge >= 0.3 is 12.1 Å². The molecule has 0 atom stereocenters. The van der Waals surface area contributed by atoms with E-state index in [0.717, 1.165) is 28.3 Å². The number of benzene rings is 2. The largest absolute Gasteiger partial charge is 0.493 e. The van der Waals surface area contributed by atoms with Gasteiger partial charge in [0, 0.05) is 17.4 Å². The lowest BCUT2D eigenvalue weighted by molar-refractivity contribution is -0.152. The molecule has 2 aromatic carbocycles. The first kappa shape index (κ1) is 25.6. The summed E-state index contributed by atoms with van der Waals surface area (Å²) in [5.41, 5.74) is 0.885. The van der Waals surface area contributed by atoms with Crippen molar-refractivity contribution in [1.29, 1.82) is 0 Å². The summed E-state index contributed by atoms with van der Waals surface area (Å²) in [6, 6.07) is 8.58. The Balaban J connectivity index is 1.55. The van der Waals surface area contributed by atoms with Crippen LogP contribution in [-0.4, -0.2) is 28.3 Å². The van der Waals surface area contributed by atoms with Gasteiger partial charge < -0.3 is 14.6 Å². The second-order valence-electron chi connectivity index (χ2n) is 8.45. The van der Waals surface area contributed by atoms with Crippen molar-refractivity contribution in [3.8, 4) is 22.8 Å². The van der Waals surface area contributed by atoms with Gasteiger partial charge in [0.1, 0.15) is 11.5 Å². The van der Waals surface area contributed by atoms with Gasteiger partial charge in [-0.3, -0.25) is 0 Å². The van der Waals surface area contributed by atoms with Crippen molar-refractivity contribution in [2.24, 2.45) is 0 Å². The summed E-state index contributed by atoms with van der Waals surface area (Å²) in [6.45, 7) is 7.15. The molecule has 0 fully saturated rings. The Kier molecular flexibility index (Phi) is 7.55. The molecule has 1 heterocycles. The van der Waals surface area contributed by atoms with Crippen LogP contribution in [-0.2, 0) is 17.4 Å². The second kappa shape index (κ2) is 10.0. The van der Waals surface area contributed by atoms with Crippen LogP contribution in [0.4, 0.5) is 13.2 Å². The average Bonchev–Trinajstić information content (AvgIpc) is 3.22. The number of hydrogen-bond donors (Lipinski definition) is 1. The van der Waals surface area contributed by atoms with E-state index in [1.807, 2.05) is 25.3 Å². The molecule has 0 bridgehead atoms. The van der Waals surface area contributed by atoms with Crippen LogP contribution < -0.4 is 9.47 Å². The number of nitrogens with zero attached hydrogens (tertiary/aromatic N) is 1. The lowest BCUT2D eigenvalue weighted by Gasteiger charge is -2.23. The fraction of sp³-hybridized carbons (Fsp3) is 0.360. The molecule has 5 nitrogen and oxygen atoms in total. The molecule has 0 saturated carbocycles. The zero-order chi connectivity index (χ0) is 25.1. The molecule has 0 radical (unpaired) electrons. The number of ether oxygens (including phenoxy) is 2. The van der Waals surface area contributed by atoms with E-state index in [0.29, 0.717) is 42.2 Å². The number of carboxylic acids is 1. The summed E-state index contributed by atoms with van der Waals surface area (Å²) in [5, 5.41) is 12.0. The summed E-state index contributed by atoms with van der Waals surface area (Å²) < 4.78 is 49.8. The Morgan fingerprint density at radius 3 is 2.29 bits per heavy atom. The Morgan fingerprint density at radius 1 is 1.06 bits per heavy atom. The van der Waals surface area contributed by atoms with Crippen LogP contribution >= 0.6 is 11.3 Å². The van der Waals surface area contributed by atoms with Gasteiger partial charge in [0.25, 0.3) is 0 Å². The number of carbonyl (C=O) groups is 1. The van der Waals surface area contributed by atoms with Crippen molar-refractivity contribution in [3.63, 3.8) is 0 Å². The van der Waals surface area contributed by atoms with Crippen LogP contribution in [0.5, 0.6) is 11.5 Å². The van der Waals surface area contributed by atoms with Crippen molar-refractivity contribution in [2.75, 3.05) is 6.61 Å². The number of aliphatic carboxylic acids is 1. The maximum atomic E-state index is 12.7. The number of aryl methyl sites for hydroxylation is 3. The van der Waals surface area contributed by atoms with Gasteiger partial charge in [-0.1, -0.05) is 12.1 Å². The van der Waals surface area contributed by atoms with E-state index in [-0.39, 0.29) is 0 Å². The molecular weight excluding hydrogens is 467 g/mol. The molecule has 34 heavy (non-hydrogen) atoms. The molecule has 0 saturated heterocycles. The van der Waals surface area contributed by atoms with Crippen molar-refractivity contribution in [3.05, 3.63) is 63.5 Å². The van der Waals surface area contributed by atoms with E-state index in [1.54, 1.807) is 6.07 Å². The highest BCUT2D eigenvalue weighted by Gasteiger charge is 2.31. The minimum Gasteiger partial charge on any atom is -0.493 e.